The van der Waals surface area contributed by atoms with Gasteiger partial charge in [-0.15, -0.1) is 10.2 Å². The fourth-order valence-electron chi connectivity index (χ4n) is 0.997. The van der Waals surface area contributed by atoms with Gasteiger partial charge in [0, 0.05) is 0 Å². The van der Waals surface area contributed by atoms with E-state index >= 15 is 0 Å². The minimum absolute atomic E-state index is 0.657. The second-order valence-electron chi connectivity index (χ2n) is 2.91. The summed E-state index contributed by atoms with van der Waals surface area (Å²) in [6.07, 6.45) is 1.63. The largest absolute Gasteiger partial charge is 0.397 e. The molecule has 6 nitrogen and oxygen atoms in total. The average molecular weight is 222 g/mol. The molecule has 0 aliphatic rings. The molecule has 2 aromatic rings. The van der Waals surface area contributed by atoms with E-state index in [2.05, 4.69) is 20.4 Å². The van der Waals surface area contributed by atoms with Gasteiger partial charge in [0.15, 0.2) is 5.82 Å². The lowest BCUT2D eigenvalue weighted by molar-refractivity contribution is 0.628. The Labute approximate surface area is 90.9 Å². The molecular formula is C8H10N6S. The molecule has 0 radical (unpaired) electrons. The quantitative estimate of drug-likeness (QED) is 0.760. The second kappa shape index (κ2) is 4.26. The third-order valence-electron chi connectivity index (χ3n) is 1.66. The number of nitrogen functional groups attached to an aromatic ring is 1. The summed E-state index contributed by atoms with van der Waals surface area (Å²) in [5.41, 5.74) is 6.19. The first-order chi connectivity index (χ1) is 7.24. The molecule has 0 amide bonds. The summed E-state index contributed by atoms with van der Waals surface area (Å²) in [4.78, 5) is 5.59. The van der Waals surface area contributed by atoms with Crippen molar-refractivity contribution in [1.29, 1.82) is 0 Å². The molecule has 2 aromatic heterocycles. The predicted octanol–water partition coefficient (Wildman–Crippen LogP) is 0.480. The zero-order chi connectivity index (χ0) is 10.7. The normalized spacial score (nSPS) is 10.5. The highest BCUT2D eigenvalue weighted by molar-refractivity contribution is 7.98. The third-order valence-corrected chi connectivity index (χ3v) is 2.60. The van der Waals surface area contributed by atoms with E-state index in [-0.39, 0.29) is 0 Å². The Morgan fingerprint density at radius 2 is 2.33 bits per heavy atom. The number of nitrogens with zero attached hydrogens (tertiary/aromatic N) is 5. The van der Waals surface area contributed by atoms with Crippen LogP contribution in [0, 0.1) is 0 Å². The molecule has 2 heterocycles. The molecule has 7 heteroatoms. The number of tetrazole rings is 1. The van der Waals surface area contributed by atoms with E-state index < -0.39 is 0 Å². The van der Waals surface area contributed by atoms with Crippen molar-refractivity contribution < 1.29 is 0 Å². The first-order valence-corrected chi connectivity index (χ1v) is 5.30. The SMILES string of the molecule is Cn1nnc(CSc2ccc(N)cn2)n1. The molecule has 0 saturated heterocycles. The molecule has 0 spiro atoms. The second-order valence-corrected chi connectivity index (χ2v) is 3.91. The standard InChI is InChI=1S/C8H10N6S/c1-14-12-7(11-13-14)5-15-8-3-2-6(9)4-10-8/h2-4H,5,9H2,1H3. The molecule has 0 bridgehead atoms. The summed E-state index contributed by atoms with van der Waals surface area (Å²) < 4.78 is 0. The van der Waals surface area contributed by atoms with Crippen LogP contribution in [0.15, 0.2) is 23.4 Å². The van der Waals surface area contributed by atoms with Gasteiger partial charge in [-0.25, -0.2) is 4.98 Å². The first-order valence-electron chi connectivity index (χ1n) is 4.31. The molecule has 0 aliphatic carbocycles. The zero-order valence-electron chi connectivity index (χ0n) is 8.16. The van der Waals surface area contributed by atoms with Gasteiger partial charge in [-0.05, 0) is 17.3 Å². The Kier molecular flexibility index (Phi) is 2.82. The maximum absolute atomic E-state index is 5.53. The third kappa shape index (κ3) is 2.66. The smallest absolute Gasteiger partial charge is 0.185 e. The topological polar surface area (TPSA) is 82.5 Å². The minimum atomic E-state index is 0.657. The average Bonchev–Trinajstić information content (AvgIpc) is 2.64. The van der Waals surface area contributed by atoms with E-state index in [1.165, 1.54) is 4.80 Å². The highest BCUT2D eigenvalue weighted by atomic mass is 32.2. The number of anilines is 1. The zero-order valence-corrected chi connectivity index (χ0v) is 8.98. The summed E-state index contributed by atoms with van der Waals surface area (Å²) in [6.45, 7) is 0. The number of nitrogens with two attached hydrogens (primary N) is 1. The van der Waals surface area contributed by atoms with Gasteiger partial charge in [0.25, 0.3) is 0 Å². The maximum Gasteiger partial charge on any atom is 0.185 e. The molecule has 2 rings (SSSR count). The van der Waals surface area contributed by atoms with Crippen LogP contribution in [-0.2, 0) is 12.8 Å². The lowest BCUT2D eigenvalue weighted by Crippen LogP contribution is -1.92. The van der Waals surface area contributed by atoms with Crippen molar-refractivity contribution in [3.8, 4) is 0 Å². The molecule has 0 fully saturated rings. The van der Waals surface area contributed by atoms with Crippen LogP contribution in [0.2, 0.25) is 0 Å². The van der Waals surface area contributed by atoms with Crippen molar-refractivity contribution in [2.45, 2.75) is 10.8 Å². The van der Waals surface area contributed by atoms with Crippen LogP contribution in [0.25, 0.3) is 0 Å². The van der Waals surface area contributed by atoms with Gasteiger partial charge >= 0.3 is 0 Å². The van der Waals surface area contributed by atoms with Crippen LogP contribution in [0.3, 0.4) is 0 Å². The van der Waals surface area contributed by atoms with Crippen molar-refractivity contribution in [2.75, 3.05) is 5.73 Å². The predicted molar refractivity (Wildman–Crippen MR) is 57.0 cm³/mol. The van der Waals surface area contributed by atoms with Crippen LogP contribution in [0.1, 0.15) is 5.82 Å². The minimum Gasteiger partial charge on any atom is -0.397 e. The monoisotopic (exact) mass is 222 g/mol. The van der Waals surface area contributed by atoms with Crippen LogP contribution in [0.4, 0.5) is 5.69 Å². The Balaban J connectivity index is 1.96. The number of hydrogen-bond donors (Lipinski definition) is 1. The fraction of sp³-hybridized carbons (Fsp3) is 0.250. The molecule has 0 aromatic carbocycles. The highest BCUT2D eigenvalue weighted by Crippen LogP contribution is 2.18. The number of thioether (sulfide) groups is 1. The number of rotatable bonds is 3. The van der Waals surface area contributed by atoms with E-state index in [1.807, 2.05) is 12.1 Å². The fourth-order valence-corrected chi connectivity index (χ4v) is 1.68. The molecule has 0 saturated carbocycles. The van der Waals surface area contributed by atoms with Gasteiger partial charge in [0.2, 0.25) is 0 Å². The van der Waals surface area contributed by atoms with Crippen LogP contribution < -0.4 is 5.73 Å². The van der Waals surface area contributed by atoms with E-state index in [0.29, 0.717) is 17.3 Å². The highest BCUT2D eigenvalue weighted by Gasteiger charge is 2.02. The molecule has 0 aliphatic heterocycles. The molecular weight excluding hydrogens is 212 g/mol. The summed E-state index contributed by atoms with van der Waals surface area (Å²) in [6, 6.07) is 3.69. The van der Waals surface area contributed by atoms with Gasteiger partial charge in [-0.3, -0.25) is 0 Å². The van der Waals surface area contributed by atoms with Crippen LogP contribution in [-0.4, -0.2) is 25.2 Å². The summed E-state index contributed by atoms with van der Waals surface area (Å²) in [5.74, 6) is 1.35. The number of pyridine rings is 1. The molecule has 0 unspecified atom stereocenters. The maximum atomic E-state index is 5.53. The Hall–Kier alpha value is -1.63. The van der Waals surface area contributed by atoms with Gasteiger partial charge in [0.05, 0.1) is 29.7 Å². The van der Waals surface area contributed by atoms with Crippen molar-refractivity contribution in [2.24, 2.45) is 7.05 Å². The van der Waals surface area contributed by atoms with Crippen LogP contribution >= 0.6 is 11.8 Å². The Morgan fingerprint density at radius 3 is 2.93 bits per heavy atom. The van der Waals surface area contributed by atoms with E-state index in [9.17, 15) is 0 Å². The van der Waals surface area contributed by atoms with E-state index in [4.69, 9.17) is 5.73 Å². The van der Waals surface area contributed by atoms with Crippen LogP contribution in [0.5, 0.6) is 0 Å². The van der Waals surface area contributed by atoms with E-state index in [0.717, 1.165) is 5.03 Å². The Bertz CT molecular complexity index is 437. The van der Waals surface area contributed by atoms with Gasteiger partial charge in [-0.1, -0.05) is 11.8 Å². The van der Waals surface area contributed by atoms with Gasteiger partial charge in [-0.2, -0.15) is 4.80 Å². The number of aromatic nitrogens is 5. The van der Waals surface area contributed by atoms with Crippen molar-refractivity contribution in [1.82, 2.24) is 25.2 Å². The molecule has 0 atom stereocenters. The number of hydrogen-bond acceptors (Lipinski definition) is 6. The molecule has 2 N–H and O–H groups in total. The van der Waals surface area contributed by atoms with Crippen molar-refractivity contribution in [3.05, 3.63) is 24.2 Å². The van der Waals surface area contributed by atoms with Gasteiger partial charge < -0.3 is 5.73 Å². The lowest BCUT2D eigenvalue weighted by atomic mass is 10.4. The summed E-state index contributed by atoms with van der Waals surface area (Å²) in [7, 11) is 1.74. The van der Waals surface area contributed by atoms with E-state index in [1.54, 1.807) is 25.0 Å². The van der Waals surface area contributed by atoms with Gasteiger partial charge in [0.1, 0.15) is 0 Å². The van der Waals surface area contributed by atoms with Crippen molar-refractivity contribution >= 4 is 17.4 Å². The summed E-state index contributed by atoms with van der Waals surface area (Å²) in [5, 5.41) is 12.6. The first kappa shape index (κ1) is 9.91. The lowest BCUT2D eigenvalue weighted by Gasteiger charge is -1.97. The molecule has 15 heavy (non-hydrogen) atoms. The Morgan fingerprint density at radius 1 is 1.47 bits per heavy atom. The number of aryl methyl sites for hydroxylation is 1. The van der Waals surface area contributed by atoms with Crippen molar-refractivity contribution in [3.63, 3.8) is 0 Å². The molecule has 78 valence electrons. The summed E-state index contributed by atoms with van der Waals surface area (Å²) >= 11 is 1.55.